The van der Waals surface area contributed by atoms with Crippen LogP contribution >= 0.6 is 0 Å². The van der Waals surface area contributed by atoms with E-state index in [9.17, 15) is 4.79 Å². The van der Waals surface area contributed by atoms with Gasteiger partial charge in [0.1, 0.15) is 5.69 Å². The summed E-state index contributed by atoms with van der Waals surface area (Å²) in [7, 11) is 0. The molecule has 134 valence electrons. The minimum absolute atomic E-state index is 0.00811. The van der Waals surface area contributed by atoms with Gasteiger partial charge in [-0.1, -0.05) is 29.4 Å². The quantitative estimate of drug-likeness (QED) is 0.721. The van der Waals surface area contributed by atoms with Crippen molar-refractivity contribution in [3.05, 3.63) is 53.8 Å². The molecular formula is C19H21N5O2. The van der Waals surface area contributed by atoms with E-state index >= 15 is 0 Å². The van der Waals surface area contributed by atoms with Crippen molar-refractivity contribution in [3.8, 4) is 0 Å². The van der Waals surface area contributed by atoms with Crippen molar-refractivity contribution >= 4 is 16.8 Å². The van der Waals surface area contributed by atoms with E-state index in [1.807, 2.05) is 48.2 Å². The number of carbonyl (C=O) groups is 1. The lowest BCUT2D eigenvalue weighted by Crippen LogP contribution is -2.35. The normalized spacial score (nSPS) is 16.0. The van der Waals surface area contributed by atoms with Crippen molar-refractivity contribution in [2.75, 3.05) is 26.2 Å². The van der Waals surface area contributed by atoms with E-state index in [1.165, 1.54) is 0 Å². The van der Waals surface area contributed by atoms with Gasteiger partial charge in [0, 0.05) is 31.6 Å². The number of nitrogens with zero attached hydrogens (tertiary/aromatic N) is 5. The van der Waals surface area contributed by atoms with Gasteiger partial charge in [0.15, 0.2) is 5.82 Å². The molecule has 26 heavy (non-hydrogen) atoms. The van der Waals surface area contributed by atoms with Gasteiger partial charge in [0.05, 0.1) is 12.1 Å². The highest BCUT2D eigenvalue weighted by molar-refractivity contribution is 5.94. The average Bonchev–Trinajstić information content (AvgIpc) is 2.93. The van der Waals surface area contributed by atoms with Crippen molar-refractivity contribution in [2.45, 2.75) is 19.9 Å². The summed E-state index contributed by atoms with van der Waals surface area (Å²) in [5.41, 5.74) is 1.35. The van der Waals surface area contributed by atoms with Gasteiger partial charge < -0.3 is 9.42 Å². The number of rotatable bonds is 3. The lowest BCUT2D eigenvalue weighted by Gasteiger charge is -2.21. The Labute approximate surface area is 151 Å². The standard InChI is InChI=1S/C19H21N5O2/c1-14-20-18(26-22-14)13-23-9-4-10-24(12-11-23)19(25)17-8-7-15-5-2-3-6-16(15)21-17/h2-3,5-8H,4,9-13H2,1H3. The van der Waals surface area contributed by atoms with Crippen molar-refractivity contribution < 1.29 is 9.32 Å². The molecule has 3 aromatic rings. The Bertz CT molecular complexity index is 923. The molecule has 1 amide bonds. The van der Waals surface area contributed by atoms with E-state index in [4.69, 9.17) is 4.52 Å². The fourth-order valence-corrected chi connectivity index (χ4v) is 3.27. The van der Waals surface area contributed by atoms with Crippen LogP contribution in [0.4, 0.5) is 0 Å². The fraction of sp³-hybridized carbons (Fsp3) is 0.368. The van der Waals surface area contributed by atoms with Gasteiger partial charge in [-0.05, 0) is 25.5 Å². The van der Waals surface area contributed by atoms with Crippen LogP contribution in [0.5, 0.6) is 0 Å². The van der Waals surface area contributed by atoms with Crippen molar-refractivity contribution in [1.82, 2.24) is 24.9 Å². The van der Waals surface area contributed by atoms with Crippen molar-refractivity contribution in [1.29, 1.82) is 0 Å². The number of aromatic nitrogens is 3. The molecule has 0 saturated carbocycles. The van der Waals surface area contributed by atoms with Crippen LogP contribution in [0.25, 0.3) is 10.9 Å². The molecule has 0 radical (unpaired) electrons. The number of carbonyl (C=O) groups excluding carboxylic acids is 1. The predicted molar refractivity (Wildman–Crippen MR) is 96.6 cm³/mol. The summed E-state index contributed by atoms with van der Waals surface area (Å²) < 4.78 is 5.20. The molecule has 1 aromatic carbocycles. The van der Waals surface area contributed by atoms with E-state index in [0.29, 0.717) is 30.5 Å². The van der Waals surface area contributed by atoms with Crippen molar-refractivity contribution in [3.63, 3.8) is 0 Å². The molecule has 0 N–H and O–H groups in total. The highest BCUT2D eigenvalue weighted by Gasteiger charge is 2.22. The lowest BCUT2D eigenvalue weighted by molar-refractivity contribution is 0.0755. The highest BCUT2D eigenvalue weighted by atomic mass is 16.5. The predicted octanol–water partition coefficient (Wildman–Crippen LogP) is 2.27. The molecule has 0 bridgehead atoms. The Kier molecular flexibility index (Phi) is 4.62. The second-order valence-corrected chi connectivity index (χ2v) is 6.55. The first kappa shape index (κ1) is 16.7. The van der Waals surface area contributed by atoms with Crippen LogP contribution in [0.2, 0.25) is 0 Å². The van der Waals surface area contributed by atoms with Gasteiger partial charge in [0.2, 0.25) is 5.89 Å². The monoisotopic (exact) mass is 351 g/mol. The molecule has 7 nitrogen and oxygen atoms in total. The average molecular weight is 351 g/mol. The molecule has 0 spiro atoms. The highest BCUT2D eigenvalue weighted by Crippen LogP contribution is 2.15. The number of aryl methyl sites for hydroxylation is 1. The molecule has 7 heteroatoms. The number of pyridine rings is 1. The van der Waals surface area contributed by atoms with Gasteiger partial charge >= 0.3 is 0 Å². The Hall–Kier alpha value is -2.80. The SMILES string of the molecule is Cc1noc(CN2CCCN(C(=O)c3ccc4ccccc4n3)CC2)n1. The maximum Gasteiger partial charge on any atom is 0.272 e. The number of amides is 1. The topological polar surface area (TPSA) is 75.4 Å². The Morgan fingerprint density at radius 3 is 2.81 bits per heavy atom. The Balaban J connectivity index is 1.43. The maximum absolute atomic E-state index is 12.9. The first-order chi connectivity index (χ1) is 12.7. The molecule has 0 unspecified atom stereocenters. The van der Waals surface area contributed by atoms with Gasteiger partial charge in [-0.2, -0.15) is 4.98 Å². The second kappa shape index (κ2) is 7.21. The molecule has 2 aromatic heterocycles. The number of hydrogen-bond donors (Lipinski definition) is 0. The van der Waals surface area contributed by atoms with E-state index < -0.39 is 0 Å². The molecule has 3 heterocycles. The van der Waals surface area contributed by atoms with Gasteiger partial charge in [0.25, 0.3) is 5.91 Å². The molecule has 1 aliphatic rings. The summed E-state index contributed by atoms with van der Waals surface area (Å²) in [6.45, 7) is 5.51. The number of para-hydroxylation sites is 1. The molecule has 1 fully saturated rings. The van der Waals surface area contributed by atoms with Crippen LogP contribution in [0.15, 0.2) is 40.9 Å². The largest absolute Gasteiger partial charge is 0.338 e. The molecule has 0 atom stereocenters. The lowest BCUT2D eigenvalue weighted by atomic mass is 10.2. The second-order valence-electron chi connectivity index (χ2n) is 6.55. The summed E-state index contributed by atoms with van der Waals surface area (Å²) in [6.07, 6.45) is 0.909. The zero-order valence-corrected chi connectivity index (χ0v) is 14.8. The number of fused-ring (bicyclic) bond motifs is 1. The van der Waals surface area contributed by atoms with E-state index in [0.717, 1.165) is 37.0 Å². The van der Waals surface area contributed by atoms with Crippen LogP contribution in [0.3, 0.4) is 0 Å². The van der Waals surface area contributed by atoms with Crippen LogP contribution in [-0.4, -0.2) is 57.0 Å². The Morgan fingerprint density at radius 1 is 1.08 bits per heavy atom. The van der Waals surface area contributed by atoms with E-state index in [2.05, 4.69) is 20.0 Å². The summed E-state index contributed by atoms with van der Waals surface area (Å²) in [4.78, 5) is 25.8. The smallest absolute Gasteiger partial charge is 0.272 e. The molecule has 4 rings (SSSR count). The zero-order valence-electron chi connectivity index (χ0n) is 14.8. The maximum atomic E-state index is 12.9. The number of benzene rings is 1. The first-order valence-electron chi connectivity index (χ1n) is 8.86. The first-order valence-corrected chi connectivity index (χ1v) is 8.86. The molecular weight excluding hydrogens is 330 g/mol. The Morgan fingerprint density at radius 2 is 1.96 bits per heavy atom. The van der Waals surface area contributed by atoms with Gasteiger partial charge in [-0.25, -0.2) is 4.98 Å². The summed E-state index contributed by atoms with van der Waals surface area (Å²) in [5.74, 6) is 1.26. The van der Waals surface area contributed by atoms with Gasteiger partial charge in [-0.3, -0.25) is 9.69 Å². The minimum atomic E-state index is -0.00811. The van der Waals surface area contributed by atoms with Crippen molar-refractivity contribution in [2.24, 2.45) is 0 Å². The van der Waals surface area contributed by atoms with Gasteiger partial charge in [-0.15, -0.1) is 0 Å². The van der Waals surface area contributed by atoms with Crippen LogP contribution in [0.1, 0.15) is 28.6 Å². The zero-order chi connectivity index (χ0) is 17.9. The number of hydrogen-bond acceptors (Lipinski definition) is 6. The summed E-state index contributed by atoms with van der Waals surface area (Å²) in [6, 6.07) is 11.6. The van der Waals surface area contributed by atoms with E-state index in [-0.39, 0.29) is 5.91 Å². The summed E-state index contributed by atoms with van der Waals surface area (Å²) in [5, 5.41) is 4.87. The molecule has 0 aliphatic carbocycles. The third kappa shape index (κ3) is 3.57. The fourth-order valence-electron chi connectivity index (χ4n) is 3.27. The van der Waals surface area contributed by atoms with Crippen LogP contribution < -0.4 is 0 Å². The van der Waals surface area contributed by atoms with Crippen LogP contribution in [-0.2, 0) is 6.54 Å². The van der Waals surface area contributed by atoms with E-state index in [1.54, 1.807) is 0 Å². The molecule has 1 aliphatic heterocycles. The van der Waals surface area contributed by atoms with Crippen LogP contribution in [0, 0.1) is 6.92 Å². The third-order valence-corrected chi connectivity index (χ3v) is 4.62. The third-order valence-electron chi connectivity index (χ3n) is 4.62. The molecule has 1 saturated heterocycles. The minimum Gasteiger partial charge on any atom is -0.338 e. The summed E-state index contributed by atoms with van der Waals surface area (Å²) >= 11 is 0.